The third kappa shape index (κ3) is 2.78. The van der Waals surface area contributed by atoms with Gasteiger partial charge in [0.2, 0.25) is 10.0 Å². The number of rotatable bonds is 3. The van der Waals surface area contributed by atoms with Crippen molar-refractivity contribution in [2.24, 2.45) is 5.92 Å². The van der Waals surface area contributed by atoms with Crippen LogP contribution in [0.2, 0.25) is 0 Å². The molecule has 0 spiro atoms. The quantitative estimate of drug-likeness (QED) is 0.872. The Kier molecular flexibility index (Phi) is 4.29. The maximum atomic E-state index is 13.8. The minimum absolute atomic E-state index is 0.136. The summed E-state index contributed by atoms with van der Waals surface area (Å²) in [6.45, 7) is 2.64. The number of anilines is 1. The molecular weight excluding hydrogens is 286 g/mol. The highest BCUT2D eigenvalue weighted by Crippen LogP contribution is 2.29. The Bertz CT molecular complexity index is 573. The average molecular weight is 304 g/mol. The molecule has 1 saturated heterocycles. The molecule has 1 fully saturated rings. The molecule has 1 aromatic carbocycles. The molecule has 0 unspecified atom stereocenters. The lowest BCUT2D eigenvalue weighted by Crippen LogP contribution is -2.39. The van der Waals surface area contributed by atoms with E-state index in [9.17, 15) is 17.2 Å². The van der Waals surface area contributed by atoms with Gasteiger partial charge >= 0.3 is 0 Å². The zero-order valence-electron chi connectivity index (χ0n) is 11.3. The monoisotopic (exact) mass is 304 g/mol. The summed E-state index contributed by atoms with van der Waals surface area (Å²) in [5.74, 6) is -1.80. The van der Waals surface area contributed by atoms with Gasteiger partial charge in [0.25, 0.3) is 0 Å². The number of sulfonamides is 1. The van der Waals surface area contributed by atoms with Crippen molar-refractivity contribution in [1.82, 2.24) is 4.31 Å². The molecule has 20 heavy (non-hydrogen) atoms. The zero-order valence-corrected chi connectivity index (χ0v) is 12.1. The van der Waals surface area contributed by atoms with E-state index in [1.807, 2.05) is 6.92 Å². The molecule has 0 aromatic heterocycles. The first-order valence-electron chi connectivity index (χ1n) is 6.61. The fraction of sp³-hybridized carbons (Fsp3) is 0.538. The van der Waals surface area contributed by atoms with E-state index in [-0.39, 0.29) is 5.69 Å². The molecule has 4 nitrogen and oxygen atoms in total. The van der Waals surface area contributed by atoms with Crippen LogP contribution in [-0.2, 0) is 10.0 Å². The van der Waals surface area contributed by atoms with Crippen molar-refractivity contribution in [3.8, 4) is 0 Å². The third-order valence-electron chi connectivity index (χ3n) is 3.77. The van der Waals surface area contributed by atoms with Crippen LogP contribution in [0.5, 0.6) is 0 Å². The van der Waals surface area contributed by atoms with Gasteiger partial charge < -0.3 is 5.73 Å². The fourth-order valence-corrected chi connectivity index (χ4v) is 4.07. The molecule has 112 valence electrons. The fourth-order valence-electron chi connectivity index (χ4n) is 2.51. The number of nitrogen functional groups attached to an aromatic ring is 1. The van der Waals surface area contributed by atoms with E-state index in [0.717, 1.165) is 22.9 Å². The molecule has 7 heteroatoms. The first-order valence-corrected chi connectivity index (χ1v) is 8.05. The number of hydrogen-bond donors (Lipinski definition) is 1. The summed E-state index contributed by atoms with van der Waals surface area (Å²) in [5.41, 5.74) is 5.16. The predicted molar refractivity (Wildman–Crippen MR) is 72.5 cm³/mol. The third-order valence-corrected chi connectivity index (χ3v) is 5.72. The van der Waals surface area contributed by atoms with Crippen LogP contribution in [0.25, 0.3) is 0 Å². The first-order chi connectivity index (χ1) is 9.36. The maximum absolute atomic E-state index is 13.8. The molecule has 0 bridgehead atoms. The van der Waals surface area contributed by atoms with Gasteiger partial charge in [-0.05, 0) is 30.9 Å². The zero-order chi connectivity index (χ0) is 14.9. The van der Waals surface area contributed by atoms with E-state index >= 15 is 0 Å². The average Bonchev–Trinajstić information content (AvgIpc) is 2.37. The van der Waals surface area contributed by atoms with Crippen molar-refractivity contribution in [2.75, 3.05) is 18.8 Å². The van der Waals surface area contributed by atoms with Crippen molar-refractivity contribution < 1.29 is 17.2 Å². The highest BCUT2D eigenvalue weighted by Gasteiger charge is 2.33. The van der Waals surface area contributed by atoms with Gasteiger partial charge in [-0.3, -0.25) is 0 Å². The molecule has 1 aliphatic rings. The van der Waals surface area contributed by atoms with E-state index in [1.165, 1.54) is 0 Å². The number of nitrogens with zero attached hydrogens (tertiary/aromatic N) is 1. The van der Waals surface area contributed by atoms with Crippen LogP contribution >= 0.6 is 0 Å². The van der Waals surface area contributed by atoms with E-state index in [4.69, 9.17) is 5.73 Å². The summed E-state index contributed by atoms with van der Waals surface area (Å²) in [6.07, 6.45) is 2.42. The molecule has 2 N–H and O–H groups in total. The molecule has 1 aliphatic heterocycles. The Balaban J connectivity index is 2.32. The summed E-state index contributed by atoms with van der Waals surface area (Å²) in [5, 5.41) is 0. The van der Waals surface area contributed by atoms with Gasteiger partial charge in [0.1, 0.15) is 11.6 Å². The van der Waals surface area contributed by atoms with Gasteiger partial charge in [-0.2, -0.15) is 4.31 Å². The standard InChI is InChI=1S/C13H18F2N2O2S/c1-2-9-3-5-17(6-4-9)20(18,19)13-11(14)7-10(16)8-12(13)15/h7-9H,2-6,16H2,1H3. The number of hydrogen-bond acceptors (Lipinski definition) is 3. The second-order valence-electron chi connectivity index (χ2n) is 5.07. The molecule has 0 atom stereocenters. The van der Waals surface area contributed by atoms with Crippen LogP contribution in [0.4, 0.5) is 14.5 Å². The Morgan fingerprint density at radius 1 is 1.25 bits per heavy atom. The molecule has 0 radical (unpaired) electrons. The van der Waals surface area contributed by atoms with Crippen molar-refractivity contribution in [1.29, 1.82) is 0 Å². The smallest absolute Gasteiger partial charge is 0.248 e. The topological polar surface area (TPSA) is 63.4 Å². The largest absolute Gasteiger partial charge is 0.399 e. The highest BCUT2D eigenvalue weighted by atomic mass is 32.2. The molecule has 0 amide bonds. The summed E-state index contributed by atoms with van der Waals surface area (Å²) in [4.78, 5) is -0.901. The van der Waals surface area contributed by atoms with Crippen LogP contribution < -0.4 is 5.73 Å². The number of benzene rings is 1. The minimum Gasteiger partial charge on any atom is -0.399 e. The lowest BCUT2D eigenvalue weighted by Gasteiger charge is -2.30. The van der Waals surface area contributed by atoms with Gasteiger partial charge in [0.15, 0.2) is 4.90 Å². The number of halogens is 2. The van der Waals surface area contributed by atoms with E-state index < -0.39 is 26.6 Å². The predicted octanol–water partition coefficient (Wildman–Crippen LogP) is 2.36. The van der Waals surface area contributed by atoms with Gasteiger partial charge in [-0.25, -0.2) is 17.2 Å². The van der Waals surface area contributed by atoms with Gasteiger partial charge in [0.05, 0.1) is 0 Å². The van der Waals surface area contributed by atoms with Crippen LogP contribution in [-0.4, -0.2) is 25.8 Å². The van der Waals surface area contributed by atoms with Gasteiger partial charge in [0, 0.05) is 18.8 Å². The lowest BCUT2D eigenvalue weighted by molar-refractivity contribution is 0.267. The molecule has 1 aromatic rings. The normalized spacial score (nSPS) is 18.4. The number of nitrogens with two attached hydrogens (primary N) is 1. The van der Waals surface area contributed by atoms with Gasteiger partial charge in [-0.1, -0.05) is 13.3 Å². The Hall–Kier alpha value is -1.21. The maximum Gasteiger partial charge on any atom is 0.248 e. The van der Waals surface area contributed by atoms with Crippen molar-refractivity contribution in [3.05, 3.63) is 23.8 Å². The van der Waals surface area contributed by atoms with Gasteiger partial charge in [-0.15, -0.1) is 0 Å². The van der Waals surface area contributed by atoms with E-state index in [0.29, 0.717) is 31.8 Å². The molecule has 2 rings (SSSR count). The van der Waals surface area contributed by atoms with Crippen molar-refractivity contribution in [3.63, 3.8) is 0 Å². The summed E-state index contributed by atoms with van der Waals surface area (Å²) >= 11 is 0. The molecule has 0 aliphatic carbocycles. The number of piperidine rings is 1. The van der Waals surface area contributed by atoms with Crippen LogP contribution in [0.3, 0.4) is 0 Å². The summed E-state index contributed by atoms with van der Waals surface area (Å²) < 4.78 is 53.4. The Labute approximate surface area is 117 Å². The highest BCUT2D eigenvalue weighted by molar-refractivity contribution is 7.89. The molecule has 0 saturated carbocycles. The SMILES string of the molecule is CCC1CCN(S(=O)(=O)c2c(F)cc(N)cc2F)CC1. The Morgan fingerprint density at radius 2 is 1.75 bits per heavy atom. The molecular formula is C13H18F2N2O2S. The van der Waals surface area contributed by atoms with Crippen molar-refractivity contribution >= 4 is 15.7 Å². The van der Waals surface area contributed by atoms with E-state index in [2.05, 4.69) is 0 Å². The second-order valence-corrected chi connectivity index (χ2v) is 6.94. The van der Waals surface area contributed by atoms with Crippen LogP contribution in [0, 0.1) is 17.6 Å². The molecule has 1 heterocycles. The van der Waals surface area contributed by atoms with Crippen LogP contribution in [0.15, 0.2) is 17.0 Å². The summed E-state index contributed by atoms with van der Waals surface area (Å²) in [7, 11) is -4.14. The Morgan fingerprint density at radius 3 is 2.20 bits per heavy atom. The lowest BCUT2D eigenvalue weighted by atomic mass is 9.96. The van der Waals surface area contributed by atoms with Crippen molar-refractivity contribution in [2.45, 2.75) is 31.1 Å². The minimum atomic E-state index is -4.14. The summed E-state index contributed by atoms with van der Waals surface area (Å²) in [6, 6.07) is 1.66. The first kappa shape index (κ1) is 15.2. The second kappa shape index (κ2) is 5.65. The van der Waals surface area contributed by atoms with Crippen LogP contribution in [0.1, 0.15) is 26.2 Å². The van der Waals surface area contributed by atoms with E-state index in [1.54, 1.807) is 0 Å².